The summed E-state index contributed by atoms with van der Waals surface area (Å²) in [6, 6.07) is 12.0. The van der Waals surface area contributed by atoms with Crippen LogP contribution in [0, 0.1) is 27.7 Å². The Morgan fingerprint density at radius 3 is 1.83 bits per heavy atom. The number of ether oxygens (including phenoxy) is 1. The summed E-state index contributed by atoms with van der Waals surface area (Å²) >= 11 is 0. The maximum Gasteiger partial charge on any atom is 0.325 e. The molecule has 1 amide bonds. The number of esters is 1. The molecule has 0 unspecified atom stereocenters. The predicted octanol–water partition coefficient (Wildman–Crippen LogP) is 5.30. The van der Waals surface area contributed by atoms with Crippen molar-refractivity contribution in [3.63, 3.8) is 0 Å². The van der Waals surface area contributed by atoms with Gasteiger partial charge in [-0.3, -0.25) is 19.4 Å². The van der Waals surface area contributed by atoms with Crippen LogP contribution in [0.15, 0.2) is 36.4 Å². The van der Waals surface area contributed by atoms with Gasteiger partial charge in [-0.25, -0.2) is 0 Å². The van der Waals surface area contributed by atoms with Crippen LogP contribution in [0.2, 0.25) is 0 Å². The number of carbonyl (C=O) groups is 2. The van der Waals surface area contributed by atoms with Gasteiger partial charge in [0.15, 0.2) is 0 Å². The highest BCUT2D eigenvalue weighted by Gasteiger charge is 2.19. The molecule has 198 valence electrons. The Kier molecular flexibility index (Phi) is 12.1. The minimum absolute atomic E-state index is 0.105. The Bertz CT molecular complexity index is 964. The van der Waals surface area contributed by atoms with E-state index >= 15 is 0 Å². The maximum atomic E-state index is 13.2. The zero-order chi connectivity index (χ0) is 26.7. The number of nitrogens with zero attached hydrogens (tertiary/aromatic N) is 3. The number of carbonyl (C=O) groups excluding carboxylic acids is 2. The predicted molar refractivity (Wildman–Crippen MR) is 149 cm³/mol. The molecular weight excluding hydrogens is 450 g/mol. The van der Waals surface area contributed by atoms with E-state index in [9.17, 15) is 9.59 Å². The Morgan fingerprint density at radius 1 is 0.750 bits per heavy atom. The molecule has 0 aliphatic carbocycles. The summed E-state index contributed by atoms with van der Waals surface area (Å²) in [4.78, 5) is 31.9. The summed E-state index contributed by atoms with van der Waals surface area (Å²) in [5.74, 6) is 0.534. The molecular formula is C30H45N3O3. The van der Waals surface area contributed by atoms with Crippen LogP contribution in [0.4, 0.5) is 5.69 Å². The highest BCUT2D eigenvalue weighted by Crippen LogP contribution is 2.24. The number of para-hydroxylation sites is 2. The van der Waals surface area contributed by atoms with Gasteiger partial charge in [0, 0.05) is 12.7 Å². The van der Waals surface area contributed by atoms with Crippen LogP contribution < -0.4 is 9.64 Å². The van der Waals surface area contributed by atoms with E-state index in [0.29, 0.717) is 12.3 Å². The second-order valence-corrected chi connectivity index (χ2v) is 9.74. The zero-order valence-electron chi connectivity index (χ0n) is 23.4. The molecule has 6 nitrogen and oxygen atoms in total. The minimum Gasteiger partial charge on any atom is -0.425 e. The highest BCUT2D eigenvalue weighted by atomic mass is 16.5. The largest absolute Gasteiger partial charge is 0.425 e. The van der Waals surface area contributed by atoms with Crippen molar-refractivity contribution in [1.29, 1.82) is 0 Å². The third-order valence-electron chi connectivity index (χ3n) is 6.71. The number of anilines is 1. The fourth-order valence-electron chi connectivity index (χ4n) is 4.56. The molecule has 0 fully saturated rings. The standard InChI is InChI=1S/C30H45N3O3/c1-8-10-18-33(21-27(34)31(7)29-23(3)14-11-15-24(29)4)20-13-19-32(9-2)22-28(35)36-30-25(5)16-12-17-26(30)6/h11-12,14-17H,8-10,13,18-22H2,1-7H3. The van der Waals surface area contributed by atoms with Crippen LogP contribution in [-0.4, -0.2) is 68.0 Å². The Labute approximate surface area is 218 Å². The first-order valence-electron chi connectivity index (χ1n) is 13.2. The molecule has 6 heteroatoms. The molecule has 0 heterocycles. The topological polar surface area (TPSA) is 53.1 Å². The number of likely N-dealkylation sites (N-methyl/N-ethyl adjacent to an activating group) is 2. The van der Waals surface area contributed by atoms with Crippen molar-refractivity contribution in [1.82, 2.24) is 9.80 Å². The number of amides is 1. The number of hydrogen-bond acceptors (Lipinski definition) is 5. The van der Waals surface area contributed by atoms with Gasteiger partial charge < -0.3 is 9.64 Å². The monoisotopic (exact) mass is 495 g/mol. The van der Waals surface area contributed by atoms with E-state index in [1.54, 1.807) is 4.90 Å². The van der Waals surface area contributed by atoms with Crippen molar-refractivity contribution in [3.05, 3.63) is 58.7 Å². The van der Waals surface area contributed by atoms with Crippen molar-refractivity contribution < 1.29 is 14.3 Å². The van der Waals surface area contributed by atoms with Crippen molar-refractivity contribution in [2.24, 2.45) is 0 Å². The van der Waals surface area contributed by atoms with Crippen LogP contribution in [-0.2, 0) is 9.59 Å². The van der Waals surface area contributed by atoms with Crippen molar-refractivity contribution in [2.45, 2.75) is 60.8 Å². The van der Waals surface area contributed by atoms with Crippen molar-refractivity contribution >= 4 is 17.6 Å². The normalized spacial score (nSPS) is 11.2. The Balaban J connectivity index is 1.92. The van der Waals surface area contributed by atoms with Gasteiger partial charge in [0.05, 0.1) is 13.1 Å². The van der Waals surface area contributed by atoms with E-state index in [4.69, 9.17) is 4.74 Å². The third kappa shape index (κ3) is 8.75. The molecule has 2 rings (SSSR count). The minimum atomic E-state index is -0.234. The second kappa shape index (κ2) is 14.8. The lowest BCUT2D eigenvalue weighted by Gasteiger charge is -2.28. The van der Waals surface area contributed by atoms with Gasteiger partial charge in [-0.2, -0.15) is 0 Å². The average Bonchev–Trinajstić information content (AvgIpc) is 2.83. The van der Waals surface area contributed by atoms with E-state index in [-0.39, 0.29) is 18.4 Å². The van der Waals surface area contributed by atoms with Crippen LogP contribution in [0.1, 0.15) is 55.4 Å². The Hall–Kier alpha value is -2.70. The lowest BCUT2D eigenvalue weighted by atomic mass is 10.1. The third-order valence-corrected chi connectivity index (χ3v) is 6.71. The summed E-state index contributed by atoms with van der Waals surface area (Å²) in [5, 5.41) is 0. The van der Waals surface area contributed by atoms with E-state index < -0.39 is 0 Å². The van der Waals surface area contributed by atoms with E-state index in [1.165, 1.54) is 0 Å². The SMILES string of the molecule is CCCCN(CCCN(CC)CC(=O)Oc1c(C)cccc1C)CC(=O)N(C)c1c(C)cccc1C. The van der Waals surface area contributed by atoms with Crippen molar-refractivity contribution in [2.75, 3.05) is 51.2 Å². The molecule has 0 spiro atoms. The molecule has 0 N–H and O–H groups in total. The number of hydrogen-bond donors (Lipinski definition) is 0. The van der Waals surface area contributed by atoms with Gasteiger partial charge in [0.1, 0.15) is 5.75 Å². The molecule has 0 atom stereocenters. The molecule has 0 saturated heterocycles. The summed E-state index contributed by atoms with van der Waals surface area (Å²) in [5.41, 5.74) is 5.15. The molecule has 0 aliphatic heterocycles. The molecule has 36 heavy (non-hydrogen) atoms. The summed E-state index contributed by atoms with van der Waals surface area (Å²) in [6.45, 7) is 16.1. The van der Waals surface area contributed by atoms with Gasteiger partial charge in [-0.1, -0.05) is 56.7 Å². The van der Waals surface area contributed by atoms with Gasteiger partial charge in [-0.15, -0.1) is 0 Å². The Morgan fingerprint density at radius 2 is 1.28 bits per heavy atom. The molecule has 0 saturated carbocycles. The van der Waals surface area contributed by atoms with Gasteiger partial charge in [0.2, 0.25) is 5.91 Å². The summed E-state index contributed by atoms with van der Waals surface area (Å²) < 4.78 is 5.69. The number of aryl methyl sites for hydroxylation is 4. The quantitative estimate of drug-likeness (QED) is 0.263. The average molecular weight is 496 g/mol. The van der Waals surface area contributed by atoms with Crippen LogP contribution in [0.25, 0.3) is 0 Å². The lowest BCUT2D eigenvalue weighted by Crippen LogP contribution is -2.41. The first-order chi connectivity index (χ1) is 17.2. The first-order valence-corrected chi connectivity index (χ1v) is 13.2. The zero-order valence-corrected chi connectivity index (χ0v) is 23.4. The van der Waals surface area contributed by atoms with Crippen molar-refractivity contribution in [3.8, 4) is 5.75 Å². The first kappa shape index (κ1) is 29.5. The lowest BCUT2D eigenvalue weighted by molar-refractivity contribution is -0.135. The fourth-order valence-corrected chi connectivity index (χ4v) is 4.56. The molecule has 0 aromatic heterocycles. The van der Waals surface area contributed by atoms with E-state index in [2.05, 4.69) is 23.6 Å². The maximum absolute atomic E-state index is 13.2. The summed E-state index contributed by atoms with van der Waals surface area (Å²) in [7, 11) is 1.87. The number of benzene rings is 2. The highest BCUT2D eigenvalue weighted by molar-refractivity contribution is 5.95. The second-order valence-electron chi connectivity index (χ2n) is 9.74. The molecule has 0 radical (unpaired) electrons. The molecule has 0 aliphatic rings. The van der Waals surface area contributed by atoms with Crippen LogP contribution >= 0.6 is 0 Å². The molecule has 2 aromatic rings. The van der Waals surface area contributed by atoms with Crippen LogP contribution in [0.5, 0.6) is 5.75 Å². The smallest absolute Gasteiger partial charge is 0.325 e. The van der Waals surface area contributed by atoms with E-state index in [0.717, 1.165) is 73.4 Å². The van der Waals surface area contributed by atoms with Gasteiger partial charge in [0.25, 0.3) is 0 Å². The van der Waals surface area contributed by atoms with E-state index in [1.807, 2.05) is 71.1 Å². The van der Waals surface area contributed by atoms with Crippen LogP contribution in [0.3, 0.4) is 0 Å². The number of unbranched alkanes of at least 4 members (excludes halogenated alkanes) is 1. The summed E-state index contributed by atoms with van der Waals surface area (Å²) in [6.07, 6.45) is 3.03. The fraction of sp³-hybridized carbons (Fsp3) is 0.533. The van der Waals surface area contributed by atoms with Gasteiger partial charge >= 0.3 is 5.97 Å². The number of rotatable bonds is 14. The molecule has 2 aromatic carbocycles. The van der Waals surface area contributed by atoms with Gasteiger partial charge in [-0.05, 0) is 89.0 Å². The molecule has 0 bridgehead atoms.